The summed E-state index contributed by atoms with van der Waals surface area (Å²) in [6, 6.07) is 7.67. The van der Waals surface area contributed by atoms with Crippen LogP contribution in [0, 0.1) is 0 Å². The van der Waals surface area contributed by atoms with Crippen molar-refractivity contribution in [1.29, 1.82) is 0 Å². The molecule has 0 saturated heterocycles. The van der Waals surface area contributed by atoms with E-state index in [4.69, 9.17) is 5.11 Å². The number of nitrogens with one attached hydrogen (secondary N) is 1. The smallest absolute Gasteiger partial charge is 0.305 e. The van der Waals surface area contributed by atoms with Gasteiger partial charge in [0, 0.05) is 33.1 Å². The van der Waals surface area contributed by atoms with Crippen LogP contribution < -0.4 is 10.2 Å². The molecule has 2 rings (SSSR count). The number of carboxylic acid groups (broad SMARTS) is 1. The first kappa shape index (κ1) is 17.5. The molecule has 24 heavy (non-hydrogen) atoms. The highest BCUT2D eigenvalue weighted by molar-refractivity contribution is 6.05. The average Bonchev–Trinajstić information content (AvgIpc) is 2.63. The van der Waals surface area contributed by atoms with Gasteiger partial charge in [-0.15, -0.1) is 0 Å². The number of benzodiazepines with no additional fused rings is 1. The van der Waals surface area contributed by atoms with Crippen molar-refractivity contribution in [2.24, 2.45) is 4.99 Å². The molecule has 1 aliphatic heterocycles. The Morgan fingerprint density at radius 2 is 2.08 bits per heavy atom. The number of carbonyl (C=O) groups excluding carboxylic acids is 1. The minimum Gasteiger partial charge on any atom is -0.481 e. The third-order valence-electron chi connectivity index (χ3n) is 3.87. The van der Waals surface area contributed by atoms with E-state index < -0.39 is 12.1 Å². The van der Waals surface area contributed by atoms with Gasteiger partial charge in [-0.05, 0) is 12.1 Å². The van der Waals surface area contributed by atoms with Crippen molar-refractivity contribution in [2.75, 3.05) is 25.5 Å². The number of hydrogen-bond acceptors (Lipinski definition) is 5. The van der Waals surface area contributed by atoms with Crippen LogP contribution in [-0.2, 0) is 9.59 Å². The maximum atomic E-state index is 11.5. The Morgan fingerprint density at radius 3 is 2.71 bits per heavy atom. The zero-order chi connectivity index (χ0) is 17.9. The fourth-order valence-electron chi connectivity index (χ4n) is 2.54. The number of amidine groups is 1. The van der Waals surface area contributed by atoms with Gasteiger partial charge < -0.3 is 20.2 Å². The minimum absolute atomic E-state index is 0.000718. The number of aliphatic carboxylic acids is 1. The number of carboxylic acids is 1. The molecular formula is C17H22N4O3. The van der Waals surface area contributed by atoms with Crippen molar-refractivity contribution in [3.63, 3.8) is 0 Å². The second-order valence-electron chi connectivity index (χ2n) is 5.69. The molecule has 1 heterocycles. The number of para-hydroxylation sites is 1. The highest BCUT2D eigenvalue weighted by atomic mass is 16.4. The fourth-order valence-corrected chi connectivity index (χ4v) is 2.54. The van der Waals surface area contributed by atoms with E-state index in [1.165, 1.54) is 6.92 Å². The number of rotatable bonds is 4. The van der Waals surface area contributed by atoms with Crippen LogP contribution in [0.1, 0.15) is 18.9 Å². The first-order chi connectivity index (χ1) is 11.3. The van der Waals surface area contributed by atoms with Gasteiger partial charge in [0.25, 0.3) is 0 Å². The van der Waals surface area contributed by atoms with E-state index in [-0.39, 0.29) is 12.3 Å². The third kappa shape index (κ3) is 3.73. The van der Waals surface area contributed by atoms with E-state index >= 15 is 0 Å². The van der Waals surface area contributed by atoms with Crippen LogP contribution in [0.5, 0.6) is 0 Å². The molecule has 7 nitrogen and oxygen atoms in total. The van der Waals surface area contributed by atoms with Gasteiger partial charge in [-0.1, -0.05) is 18.7 Å². The van der Waals surface area contributed by atoms with Gasteiger partial charge in [0.15, 0.2) is 6.17 Å². The molecular weight excluding hydrogens is 308 g/mol. The number of hydrogen-bond donors (Lipinski definition) is 2. The van der Waals surface area contributed by atoms with E-state index in [0.717, 1.165) is 11.3 Å². The Kier molecular flexibility index (Phi) is 5.23. The van der Waals surface area contributed by atoms with Gasteiger partial charge in [-0.3, -0.25) is 9.59 Å². The summed E-state index contributed by atoms with van der Waals surface area (Å²) in [6.07, 6.45) is -0.610. The number of carbonyl (C=O) groups is 2. The molecule has 1 aromatic rings. The SMILES string of the molecule is C=C1C(NC(C)=O)N=C(N(C)CCC(=O)O)c2ccccc2N1C. The van der Waals surface area contributed by atoms with Crippen LogP contribution >= 0.6 is 0 Å². The molecule has 0 saturated carbocycles. The molecule has 1 aromatic carbocycles. The Hall–Kier alpha value is -2.83. The number of anilines is 1. The first-order valence-corrected chi connectivity index (χ1v) is 7.61. The normalized spacial score (nSPS) is 16.8. The van der Waals surface area contributed by atoms with Crippen molar-refractivity contribution < 1.29 is 14.7 Å². The molecule has 0 bridgehead atoms. The van der Waals surface area contributed by atoms with Crippen LogP contribution in [-0.4, -0.2) is 54.5 Å². The summed E-state index contributed by atoms with van der Waals surface area (Å²) < 4.78 is 0. The van der Waals surface area contributed by atoms with E-state index in [1.807, 2.05) is 36.2 Å². The fraction of sp³-hybridized carbons (Fsp3) is 0.353. The van der Waals surface area contributed by atoms with Gasteiger partial charge >= 0.3 is 5.97 Å². The van der Waals surface area contributed by atoms with Crippen LogP contribution in [0.15, 0.2) is 41.5 Å². The van der Waals surface area contributed by atoms with E-state index in [9.17, 15) is 9.59 Å². The van der Waals surface area contributed by atoms with E-state index in [2.05, 4.69) is 16.9 Å². The number of benzene rings is 1. The molecule has 0 spiro atoms. The lowest BCUT2D eigenvalue weighted by Gasteiger charge is -2.25. The second kappa shape index (κ2) is 7.16. The standard InChI is InChI=1S/C17H22N4O3/c1-11-16(18-12(2)22)19-17(20(3)10-9-15(23)24)13-7-5-6-8-14(13)21(11)4/h5-8,16H,1,9-10H2,2-4H3,(H,18,22)(H,23,24). The molecule has 2 N–H and O–H groups in total. The Labute approximate surface area is 141 Å². The van der Waals surface area contributed by atoms with Crippen LogP contribution in [0.3, 0.4) is 0 Å². The van der Waals surface area contributed by atoms with Crippen molar-refractivity contribution in [3.8, 4) is 0 Å². The Morgan fingerprint density at radius 1 is 1.42 bits per heavy atom. The molecule has 1 atom stereocenters. The maximum absolute atomic E-state index is 11.5. The van der Waals surface area contributed by atoms with Crippen LogP contribution in [0.2, 0.25) is 0 Å². The summed E-state index contributed by atoms with van der Waals surface area (Å²) in [4.78, 5) is 30.7. The lowest BCUT2D eigenvalue weighted by atomic mass is 10.1. The molecule has 0 fully saturated rings. The van der Waals surface area contributed by atoms with Crippen molar-refractivity contribution >= 4 is 23.4 Å². The summed E-state index contributed by atoms with van der Waals surface area (Å²) in [6.45, 7) is 5.78. The number of amides is 1. The second-order valence-corrected chi connectivity index (χ2v) is 5.69. The van der Waals surface area contributed by atoms with Gasteiger partial charge in [-0.25, -0.2) is 4.99 Å². The Balaban J connectivity index is 2.48. The zero-order valence-electron chi connectivity index (χ0n) is 14.1. The maximum Gasteiger partial charge on any atom is 0.305 e. The molecule has 1 aliphatic rings. The lowest BCUT2D eigenvalue weighted by molar-refractivity contribution is -0.137. The van der Waals surface area contributed by atoms with Gasteiger partial charge in [0.05, 0.1) is 17.8 Å². The van der Waals surface area contributed by atoms with Gasteiger partial charge in [-0.2, -0.15) is 0 Å². The topological polar surface area (TPSA) is 85.2 Å². The van der Waals surface area contributed by atoms with E-state index in [0.29, 0.717) is 18.1 Å². The number of nitrogens with zero attached hydrogens (tertiary/aromatic N) is 3. The Bertz CT molecular complexity index is 699. The predicted octanol–water partition coefficient (Wildman–Crippen LogP) is 1.27. The summed E-state index contributed by atoms with van der Waals surface area (Å²) in [7, 11) is 3.66. The molecule has 128 valence electrons. The van der Waals surface area contributed by atoms with Crippen LogP contribution in [0.4, 0.5) is 5.69 Å². The zero-order valence-corrected chi connectivity index (χ0v) is 14.1. The first-order valence-electron chi connectivity index (χ1n) is 7.61. The highest BCUT2D eigenvalue weighted by Crippen LogP contribution is 2.28. The summed E-state index contributed by atoms with van der Waals surface area (Å²) >= 11 is 0. The monoisotopic (exact) mass is 330 g/mol. The minimum atomic E-state index is -0.871. The highest BCUT2D eigenvalue weighted by Gasteiger charge is 2.27. The molecule has 1 amide bonds. The summed E-state index contributed by atoms with van der Waals surface area (Å²) in [5, 5.41) is 11.7. The molecule has 0 aromatic heterocycles. The van der Waals surface area contributed by atoms with Gasteiger partial charge in [0.2, 0.25) is 5.91 Å². The number of fused-ring (bicyclic) bond motifs is 1. The number of likely N-dealkylation sites (N-methyl/N-ethyl adjacent to an activating group) is 1. The summed E-state index contributed by atoms with van der Waals surface area (Å²) in [5.74, 6) is -0.461. The largest absolute Gasteiger partial charge is 0.481 e. The van der Waals surface area contributed by atoms with E-state index in [1.54, 1.807) is 11.9 Å². The van der Waals surface area contributed by atoms with Crippen molar-refractivity contribution in [3.05, 3.63) is 42.1 Å². The average molecular weight is 330 g/mol. The third-order valence-corrected chi connectivity index (χ3v) is 3.87. The lowest BCUT2D eigenvalue weighted by Crippen LogP contribution is -2.38. The quantitative estimate of drug-likeness (QED) is 0.868. The number of aliphatic imine (C=N–C) groups is 1. The summed E-state index contributed by atoms with van der Waals surface area (Å²) in [5.41, 5.74) is 2.40. The predicted molar refractivity (Wildman–Crippen MR) is 93.0 cm³/mol. The van der Waals surface area contributed by atoms with Crippen molar-refractivity contribution in [1.82, 2.24) is 10.2 Å². The van der Waals surface area contributed by atoms with Gasteiger partial charge in [0.1, 0.15) is 5.84 Å². The molecule has 0 aliphatic carbocycles. The molecule has 7 heteroatoms. The van der Waals surface area contributed by atoms with Crippen LogP contribution in [0.25, 0.3) is 0 Å². The molecule has 1 unspecified atom stereocenters. The molecule has 0 radical (unpaired) electrons. The van der Waals surface area contributed by atoms with Crippen molar-refractivity contribution in [2.45, 2.75) is 19.5 Å².